The molecule has 0 aliphatic carbocycles. The second-order valence-corrected chi connectivity index (χ2v) is 3.15. The first-order valence-electron chi connectivity index (χ1n) is 4.67. The largest absolute Gasteiger partial charge is 0.356 e. The molecule has 0 aromatic rings. The zero-order valence-electron chi connectivity index (χ0n) is 8.31. The van der Waals surface area contributed by atoms with Crippen molar-refractivity contribution in [1.29, 1.82) is 0 Å². The molecule has 0 aromatic carbocycles. The molecule has 0 saturated carbocycles. The van der Waals surface area contributed by atoms with Crippen LogP contribution in [0.15, 0.2) is 0 Å². The molecule has 12 heavy (non-hydrogen) atoms. The Bertz CT molecular complexity index is 124. The van der Waals surface area contributed by atoms with Crippen molar-refractivity contribution in [3.05, 3.63) is 0 Å². The molecule has 0 spiro atoms. The van der Waals surface area contributed by atoms with Gasteiger partial charge < -0.3 is 10.6 Å². The molecule has 0 aromatic heterocycles. The molecule has 0 bridgehead atoms. The Morgan fingerprint density at radius 1 is 1.33 bits per heavy atom. The van der Waals surface area contributed by atoms with E-state index in [1.807, 2.05) is 13.8 Å². The molecule has 0 rings (SSSR count). The lowest BCUT2D eigenvalue weighted by Crippen LogP contribution is -2.30. The molecule has 0 fully saturated rings. The van der Waals surface area contributed by atoms with Gasteiger partial charge in [-0.2, -0.15) is 0 Å². The minimum absolute atomic E-state index is 0.101. The summed E-state index contributed by atoms with van der Waals surface area (Å²) in [5.74, 6) is 0.246. The summed E-state index contributed by atoms with van der Waals surface area (Å²) < 4.78 is 0. The van der Waals surface area contributed by atoms with Crippen LogP contribution in [0, 0.1) is 5.92 Å². The van der Waals surface area contributed by atoms with Gasteiger partial charge in [0.05, 0.1) is 0 Å². The average molecular weight is 172 g/mol. The van der Waals surface area contributed by atoms with Crippen molar-refractivity contribution >= 4 is 5.91 Å². The molecular formula is C9H20N2O. The van der Waals surface area contributed by atoms with Crippen LogP contribution in [0.5, 0.6) is 0 Å². The Kier molecular flexibility index (Phi) is 6.76. The van der Waals surface area contributed by atoms with E-state index in [9.17, 15) is 4.79 Å². The Labute approximate surface area is 74.9 Å². The van der Waals surface area contributed by atoms with Gasteiger partial charge in [0, 0.05) is 12.5 Å². The summed E-state index contributed by atoms with van der Waals surface area (Å²) >= 11 is 0. The highest BCUT2D eigenvalue weighted by Gasteiger charge is 2.03. The summed E-state index contributed by atoms with van der Waals surface area (Å²) in [5.41, 5.74) is 0. The first kappa shape index (κ1) is 11.4. The van der Waals surface area contributed by atoms with Crippen LogP contribution in [0.1, 0.15) is 27.2 Å². The molecule has 0 aliphatic rings. The van der Waals surface area contributed by atoms with Gasteiger partial charge in [0.15, 0.2) is 0 Å². The highest BCUT2D eigenvalue weighted by molar-refractivity contribution is 5.77. The Hall–Kier alpha value is -0.570. The number of carbonyl (C=O) groups is 1. The normalized spacial score (nSPS) is 10.3. The van der Waals surface area contributed by atoms with E-state index in [-0.39, 0.29) is 11.8 Å². The summed E-state index contributed by atoms with van der Waals surface area (Å²) in [4.78, 5) is 11.0. The van der Waals surface area contributed by atoms with Gasteiger partial charge in [0.1, 0.15) is 0 Å². The highest BCUT2D eigenvalue weighted by Crippen LogP contribution is 1.89. The molecule has 72 valence electrons. The number of amides is 1. The molecule has 0 radical (unpaired) electrons. The van der Waals surface area contributed by atoms with Crippen LogP contribution < -0.4 is 10.6 Å². The summed E-state index contributed by atoms with van der Waals surface area (Å²) in [6, 6.07) is 0. The van der Waals surface area contributed by atoms with E-state index in [4.69, 9.17) is 0 Å². The third kappa shape index (κ3) is 6.16. The zero-order valence-corrected chi connectivity index (χ0v) is 8.31. The maximum Gasteiger partial charge on any atom is 0.222 e. The van der Waals surface area contributed by atoms with Gasteiger partial charge in [-0.05, 0) is 19.5 Å². The lowest BCUT2D eigenvalue weighted by atomic mass is 10.2. The van der Waals surface area contributed by atoms with E-state index >= 15 is 0 Å². The fourth-order valence-corrected chi connectivity index (χ4v) is 0.806. The first-order valence-corrected chi connectivity index (χ1v) is 4.67. The van der Waals surface area contributed by atoms with Crippen molar-refractivity contribution in [2.45, 2.75) is 27.2 Å². The van der Waals surface area contributed by atoms with Crippen LogP contribution in [0.4, 0.5) is 0 Å². The smallest absolute Gasteiger partial charge is 0.222 e. The van der Waals surface area contributed by atoms with Crippen LogP contribution in [-0.2, 0) is 4.79 Å². The molecule has 3 nitrogen and oxygen atoms in total. The standard InChI is InChI=1S/C9H20N2O/c1-4-10-6-5-7-11-9(12)8(2)3/h8,10H,4-7H2,1-3H3,(H,11,12). The number of hydrogen-bond donors (Lipinski definition) is 2. The zero-order chi connectivity index (χ0) is 9.40. The topological polar surface area (TPSA) is 41.1 Å². The van der Waals surface area contributed by atoms with Gasteiger partial charge in [-0.1, -0.05) is 20.8 Å². The van der Waals surface area contributed by atoms with Gasteiger partial charge in [0.2, 0.25) is 5.91 Å². The Balaban J connectivity index is 3.14. The summed E-state index contributed by atoms with van der Waals surface area (Å²) in [7, 11) is 0. The Morgan fingerprint density at radius 3 is 2.50 bits per heavy atom. The monoisotopic (exact) mass is 172 g/mol. The fourth-order valence-electron chi connectivity index (χ4n) is 0.806. The maximum atomic E-state index is 11.0. The van der Waals surface area contributed by atoms with E-state index in [1.54, 1.807) is 0 Å². The molecule has 0 unspecified atom stereocenters. The summed E-state index contributed by atoms with van der Waals surface area (Å²) in [6.45, 7) is 8.64. The van der Waals surface area contributed by atoms with Gasteiger partial charge >= 0.3 is 0 Å². The van der Waals surface area contributed by atoms with Crippen molar-refractivity contribution in [2.75, 3.05) is 19.6 Å². The third-order valence-corrected chi connectivity index (χ3v) is 1.60. The number of hydrogen-bond acceptors (Lipinski definition) is 2. The number of carbonyl (C=O) groups excluding carboxylic acids is 1. The van der Waals surface area contributed by atoms with Crippen molar-refractivity contribution in [1.82, 2.24) is 10.6 Å². The molecule has 0 heterocycles. The molecule has 0 aliphatic heterocycles. The minimum atomic E-state index is 0.101. The van der Waals surface area contributed by atoms with Gasteiger partial charge in [0.25, 0.3) is 0 Å². The van der Waals surface area contributed by atoms with Gasteiger partial charge in [-0.3, -0.25) is 4.79 Å². The second kappa shape index (κ2) is 7.10. The van der Waals surface area contributed by atoms with Crippen molar-refractivity contribution in [2.24, 2.45) is 5.92 Å². The van der Waals surface area contributed by atoms with Gasteiger partial charge in [-0.15, -0.1) is 0 Å². The van der Waals surface area contributed by atoms with E-state index < -0.39 is 0 Å². The molecule has 3 heteroatoms. The quantitative estimate of drug-likeness (QED) is 0.581. The Morgan fingerprint density at radius 2 is 2.00 bits per heavy atom. The third-order valence-electron chi connectivity index (χ3n) is 1.60. The first-order chi connectivity index (χ1) is 5.68. The molecule has 0 atom stereocenters. The summed E-state index contributed by atoms with van der Waals surface area (Å²) in [6.07, 6.45) is 1.01. The van der Waals surface area contributed by atoms with Crippen LogP contribution in [0.3, 0.4) is 0 Å². The predicted octanol–water partition coefficient (Wildman–Crippen LogP) is 0.758. The molecular weight excluding hydrogens is 152 g/mol. The van der Waals surface area contributed by atoms with Crippen LogP contribution in [0.2, 0.25) is 0 Å². The van der Waals surface area contributed by atoms with E-state index in [0.717, 1.165) is 26.1 Å². The predicted molar refractivity (Wildman–Crippen MR) is 51.0 cm³/mol. The van der Waals surface area contributed by atoms with Crippen LogP contribution in [0.25, 0.3) is 0 Å². The fraction of sp³-hybridized carbons (Fsp3) is 0.889. The highest BCUT2D eigenvalue weighted by atomic mass is 16.1. The minimum Gasteiger partial charge on any atom is -0.356 e. The van der Waals surface area contributed by atoms with Crippen LogP contribution >= 0.6 is 0 Å². The number of rotatable bonds is 6. The average Bonchev–Trinajstić information content (AvgIpc) is 2.03. The van der Waals surface area contributed by atoms with Crippen molar-refractivity contribution < 1.29 is 4.79 Å². The summed E-state index contributed by atoms with van der Waals surface area (Å²) in [5, 5.41) is 6.06. The van der Waals surface area contributed by atoms with E-state index in [1.165, 1.54) is 0 Å². The molecule has 1 amide bonds. The lowest BCUT2D eigenvalue weighted by Gasteiger charge is -2.07. The van der Waals surface area contributed by atoms with E-state index in [2.05, 4.69) is 17.6 Å². The SMILES string of the molecule is CCNCCCNC(=O)C(C)C. The molecule has 2 N–H and O–H groups in total. The van der Waals surface area contributed by atoms with Crippen LogP contribution in [-0.4, -0.2) is 25.5 Å². The van der Waals surface area contributed by atoms with Gasteiger partial charge in [-0.25, -0.2) is 0 Å². The molecule has 0 saturated heterocycles. The maximum absolute atomic E-state index is 11.0. The second-order valence-electron chi connectivity index (χ2n) is 3.15. The lowest BCUT2D eigenvalue weighted by molar-refractivity contribution is -0.123. The van der Waals surface area contributed by atoms with Crippen molar-refractivity contribution in [3.8, 4) is 0 Å². The van der Waals surface area contributed by atoms with E-state index in [0.29, 0.717) is 0 Å². The number of nitrogens with one attached hydrogen (secondary N) is 2. The van der Waals surface area contributed by atoms with Crippen molar-refractivity contribution in [3.63, 3.8) is 0 Å².